The number of esters is 4. The summed E-state index contributed by atoms with van der Waals surface area (Å²) in [7, 11) is -9.96. The Kier molecular flexibility index (Phi) is 72.7. The maximum absolute atomic E-state index is 13.1. The summed E-state index contributed by atoms with van der Waals surface area (Å²) in [4.78, 5) is 73.0. The highest BCUT2D eigenvalue weighted by Crippen LogP contribution is 2.45. The van der Waals surface area contributed by atoms with Gasteiger partial charge < -0.3 is 33.8 Å². The molecule has 0 bridgehead atoms. The Bertz CT molecular complexity index is 2260. The number of ether oxygens (including phenoxy) is 4. The fourth-order valence-electron chi connectivity index (χ4n) is 11.2. The van der Waals surface area contributed by atoms with Gasteiger partial charge >= 0.3 is 39.5 Å². The predicted molar refractivity (Wildman–Crippen MR) is 418 cm³/mol. The lowest BCUT2D eigenvalue weighted by Gasteiger charge is -2.21. The van der Waals surface area contributed by atoms with Gasteiger partial charge in [0, 0.05) is 25.7 Å². The number of phosphoric ester groups is 2. The summed E-state index contributed by atoms with van der Waals surface area (Å²) in [6.45, 7) is 4.75. The lowest BCUT2D eigenvalue weighted by atomic mass is 10.0. The topological polar surface area (TPSA) is 237 Å². The van der Waals surface area contributed by atoms with E-state index in [2.05, 4.69) is 113 Å². The number of rotatable bonds is 77. The van der Waals surface area contributed by atoms with E-state index >= 15 is 0 Å². The van der Waals surface area contributed by atoms with Crippen molar-refractivity contribution in [3.8, 4) is 0 Å². The van der Waals surface area contributed by atoms with Gasteiger partial charge in [-0.1, -0.05) is 318 Å². The Hall–Kier alpha value is -3.76. The van der Waals surface area contributed by atoms with Gasteiger partial charge in [-0.2, -0.15) is 0 Å². The van der Waals surface area contributed by atoms with Crippen LogP contribution >= 0.6 is 15.6 Å². The Balaban J connectivity index is 5.36. The van der Waals surface area contributed by atoms with Crippen LogP contribution in [-0.2, 0) is 65.4 Å². The Labute approximate surface area is 621 Å². The van der Waals surface area contributed by atoms with Gasteiger partial charge in [0.2, 0.25) is 0 Å². The monoisotopic (exact) mass is 1480 g/mol. The molecule has 0 rings (SSSR count). The lowest BCUT2D eigenvalue weighted by Crippen LogP contribution is -2.30. The minimum Gasteiger partial charge on any atom is -0.462 e. The van der Waals surface area contributed by atoms with Gasteiger partial charge in [-0.05, 0) is 103 Å². The molecule has 0 aromatic heterocycles. The zero-order chi connectivity index (χ0) is 74.6. The molecule has 0 spiro atoms. The molecule has 0 aliphatic carbocycles. The SMILES string of the molecule is CC/C=C\C/C=C\C/C=C\C/C=C\C/C=C\CCCCCC(=O)OCC(COP(=O)(O)OCC(O)COP(=O)(O)OCC(COC(=O)CCCCCCC/C=C\C/C=C\CCCCC)OC(=O)CCCCCCCCCCCCCCC)OC(=O)CCCCCCCCCCCCCCCCC. The van der Waals surface area contributed by atoms with Crippen molar-refractivity contribution in [2.75, 3.05) is 39.6 Å². The average molecular weight is 1480 g/mol. The second kappa shape index (κ2) is 75.5. The maximum Gasteiger partial charge on any atom is 0.472 e. The van der Waals surface area contributed by atoms with Crippen LogP contribution in [0, 0.1) is 0 Å². The van der Waals surface area contributed by atoms with Gasteiger partial charge in [-0.15, -0.1) is 0 Å². The third kappa shape index (κ3) is 74.5. The second-order valence-corrected chi connectivity index (χ2v) is 30.3. The van der Waals surface area contributed by atoms with E-state index in [-0.39, 0.29) is 25.7 Å². The first-order chi connectivity index (χ1) is 49.7. The van der Waals surface area contributed by atoms with Crippen molar-refractivity contribution >= 4 is 39.5 Å². The third-order valence-corrected chi connectivity index (χ3v) is 19.3. The van der Waals surface area contributed by atoms with E-state index in [1.54, 1.807) is 0 Å². The smallest absolute Gasteiger partial charge is 0.462 e. The molecule has 0 aliphatic rings. The van der Waals surface area contributed by atoms with E-state index in [4.69, 9.17) is 37.0 Å². The van der Waals surface area contributed by atoms with E-state index < -0.39 is 97.5 Å². The minimum atomic E-state index is -4.98. The lowest BCUT2D eigenvalue weighted by molar-refractivity contribution is -0.161. The average Bonchev–Trinajstić information content (AvgIpc) is 0.924. The number of carbonyl (C=O) groups excluding carboxylic acids is 4. The summed E-state index contributed by atoms with van der Waals surface area (Å²) < 4.78 is 68.6. The molecule has 17 nitrogen and oxygen atoms in total. The number of hydrogen-bond donors (Lipinski definition) is 3. The largest absolute Gasteiger partial charge is 0.472 e. The van der Waals surface area contributed by atoms with Crippen LogP contribution in [0.2, 0.25) is 0 Å². The molecule has 0 aliphatic heterocycles. The fourth-order valence-corrected chi connectivity index (χ4v) is 12.7. The van der Waals surface area contributed by atoms with Gasteiger partial charge in [0.25, 0.3) is 0 Å². The summed E-state index contributed by atoms with van der Waals surface area (Å²) in [5.74, 6) is -2.20. The first kappa shape index (κ1) is 98.2. The molecule has 0 heterocycles. The molecule has 5 unspecified atom stereocenters. The van der Waals surface area contributed by atoms with Gasteiger partial charge in [-0.3, -0.25) is 37.3 Å². The number of allylic oxidation sites excluding steroid dienone is 14. The van der Waals surface area contributed by atoms with Gasteiger partial charge in [0.1, 0.15) is 19.3 Å². The molecule has 0 radical (unpaired) electrons. The highest BCUT2D eigenvalue weighted by Gasteiger charge is 2.30. The van der Waals surface area contributed by atoms with Gasteiger partial charge in [0.05, 0.1) is 26.4 Å². The Morgan fingerprint density at radius 3 is 0.814 bits per heavy atom. The first-order valence-electron chi connectivity index (χ1n) is 40.8. The molecule has 0 saturated heterocycles. The quantitative estimate of drug-likeness (QED) is 0.0169. The standard InChI is InChI=1S/C83H148O17P2/c1-5-9-13-17-21-25-29-33-36-37-38-39-42-45-48-52-56-60-64-68-81(86)94-74-79(100-83(88)70-66-62-58-54-50-46-41-35-31-27-23-19-15-11-7-3)76-98-102(91,92)96-72-77(84)71-95-101(89,90)97-75-78(99-82(87)69-65-61-57-53-49-43-32-28-24-20-16-12-8-4)73-93-80(85)67-63-59-55-51-47-44-40-34-30-26-22-18-14-10-6-2/h9,13,21-22,25-26,33-34,36,38-40,45,48,77-79,84H,5-8,10-12,14-20,23-24,27-32,35,37,41-44,46-47,49-76H2,1-4H3,(H,89,90)(H,91,92)/b13-9-,25-21-,26-22-,36-33-,39-38-,40-34-,48-45-. The number of aliphatic hydroxyl groups excluding tert-OH is 1. The third-order valence-electron chi connectivity index (χ3n) is 17.4. The van der Waals surface area contributed by atoms with Crippen molar-refractivity contribution in [3.05, 3.63) is 85.1 Å². The first-order valence-corrected chi connectivity index (χ1v) is 43.8. The number of phosphoric acid groups is 2. The van der Waals surface area contributed by atoms with Crippen LogP contribution < -0.4 is 0 Å². The number of hydrogen-bond acceptors (Lipinski definition) is 15. The van der Waals surface area contributed by atoms with Crippen molar-refractivity contribution in [2.45, 2.75) is 380 Å². The van der Waals surface area contributed by atoms with Crippen LogP contribution in [-0.4, -0.2) is 96.7 Å². The summed E-state index contributed by atoms with van der Waals surface area (Å²) in [5, 5.41) is 10.6. The number of carbonyl (C=O) groups is 4. The van der Waals surface area contributed by atoms with E-state index in [9.17, 15) is 43.2 Å². The predicted octanol–water partition coefficient (Wildman–Crippen LogP) is 23.8. The molecule has 592 valence electrons. The molecule has 0 aromatic carbocycles. The van der Waals surface area contributed by atoms with Gasteiger partial charge in [0.15, 0.2) is 12.2 Å². The Morgan fingerprint density at radius 1 is 0.284 bits per heavy atom. The second-order valence-electron chi connectivity index (χ2n) is 27.3. The zero-order valence-electron chi connectivity index (χ0n) is 64.8. The van der Waals surface area contributed by atoms with Crippen LogP contribution in [0.3, 0.4) is 0 Å². The molecule has 102 heavy (non-hydrogen) atoms. The van der Waals surface area contributed by atoms with Crippen LogP contribution in [0.15, 0.2) is 85.1 Å². The van der Waals surface area contributed by atoms with Crippen molar-refractivity contribution < 1.29 is 80.2 Å². The molecule has 0 amide bonds. The molecular formula is C83H148O17P2. The number of aliphatic hydroxyl groups is 1. The fraction of sp³-hybridized carbons (Fsp3) is 0.783. The highest BCUT2D eigenvalue weighted by atomic mass is 31.2. The van der Waals surface area contributed by atoms with Crippen LogP contribution in [0.25, 0.3) is 0 Å². The summed E-state index contributed by atoms with van der Waals surface area (Å²) >= 11 is 0. The van der Waals surface area contributed by atoms with E-state index in [1.807, 2.05) is 0 Å². The van der Waals surface area contributed by atoms with Crippen molar-refractivity contribution in [3.63, 3.8) is 0 Å². The van der Waals surface area contributed by atoms with Crippen LogP contribution in [0.5, 0.6) is 0 Å². The van der Waals surface area contributed by atoms with Gasteiger partial charge in [-0.25, -0.2) is 9.13 Å². The van der Waals surface area contributed by atoms with Crippen molar-refractivity contribution in [1.29, 1.82) is 0 Å². The summed E-state index contributed by atoms with van der Waals surface area (Å²) in [6, 6.07) is 0. The molecular weight excluding hydrogens is 1330 g/mol. The van der Waals surface area contributed by atoms with Crippen molar-refractivity contribution in [1.82, 2.24) is 0 Å². The summed E-state index contributed by atoms with van der Waals surface area (Å²) in [6.07, 6.45) is 78.4. The highest BCUT2D eigenvalue weighted by molar-refractivity contribution is 7.47. The molecule has 0 aromatic rings. The summed E-state index contributed by atoms with van der Waals surface area (Å²) in [5.41, 5.74) is 0. The molecule has 0 fully saturated rings. The maximum atomic E-state index is 13.1. The normalized spacial score (nSPS) is 14.3. The van der Waals surface area contributed by atoms with Crippen LogP contribution in [0.4, 0.5) is 0 Å². The molecule has 0 saturated carbocycles. The van der Waals surface area contributed by atoms with E-state index in [0.29, 0.717) is 25.7 Å². The van der Waals surface area contributed by atoms with E-state index in [0.717, 1.165) is 148 Å². The molecule has 19 heteroatoms. The van der Waals surface area contributed by atoms with Crippen LogP contribution in [0.1, 0.15) is 362 Å². The Morgan fingerprint density at radius 2 is 0.510 bits per heavy atom. The number of unbranched alkanes of at least 4 members (excludes halogenated alkanes) is 37. The molecule has 3 N–H and O–H groups in total. The minimum absolute atomic E-state index is 0.0917. The zero-order valence-corrected chi connectivity index (χ0v) is 66.6. The van der Waals surface area contributed by atoms with E-state index in [1.165, 1.54) is 135 Å². The molecule has 5 atom stereocenters. The van der Waals surface area contributed by atoms with Crippen molar-refractivity contribution in [2.24, 2.45) is 0 Å².